The lowest BCUT2D eigenvalue weighted by atomic mass is 9.96. The molecule has 0 saturated heterocycles. The molecule has 4 rings (SSSR count). The summed E-state index contributed by atoms with van der Waals surface area (Å²) in [5.74, 6) is -0.316. The molecule has 160 valence electrons. The van der Waals surface area contributed by atoms with Crippen LogP contribution in [0, 0.1) is 0 Å². The summed E-state index contributed by atoms with van der Waals surface area (Å²) in [6.45, 7) is 4.86. The van der Waals surface area contributed by atoms with Crippen molar-refractivity contribution in [2.45, 2.75) is 29.2 Å². The first kappa shape index (κ1) is 21.3. The van der Waals surface area contributed by atoms with Crippen molar-refractivity contribution in [3.8, 4) is 5.75 Å². The average molecular weight is 436 g/mol. The van der Waals surface area contributed by atoms with Gasteiger partial charge in [0.1, 0.15) is 12.4 Å². The van der Waals surface area contributed by atoms with Crippen LogP contribution in [0.15, 0.2) is 82.6 Å². The van der Waals surface area contributed by atoms with Crippen LogP contribution in [0.25, 0.3) is 0 Å². The second kappa shape index (κ2) is 9.04. The molecule has 3 aromatic carbocycles. The van der Waals surface area contributed by atoms with Gasteiger partial charge in [0, 0.05) is 16.4 Å². The van der Waals surface area contributed by atoms with Gasteiger partial charge in [-0.1, -0.05) is 48.2 Å². The third-order valence-corrected chi connectivity index (χ3v) is 6.49. The van der Waals surface area contributed by atoms with E-state index in [1.807, 2.05) is 0 Å². The van der Waals surface area contributed by atoms with Gasteiger partial charge in [-0.3, -0.25) is 0 Å². The SMILES string of the molecule is CCOC(C)(C(=O)O)c1ccc(OCCN2c3ccccc3Sc3ccccc32)cc1. The number of benzene rings is 3. The fourth-order valence-electron chi connectivity index (χ4n) is 3.70. The van der Waals surface area contributed by atoms with Crippen molar-refractivity contribution in [2.75, 3.05) is 24.7 Å². The lowest BCUT2D eigenvalue weighted by Crippen LogP contribution is -2.35. The van der Waals surface area contributed by atoms with Gasteiger partial charge in [0.2, 0.25) is 0 Å². The Bertz CT molecular complexity index is 1020. The number of ether oxygens (including phenoxy) is 2. The van der Waals surface area contributed by atoms with Crippen LogP contribution >= 0.6 is 11.8 Å². The standard InChI is InChI=1S/C25H25NO4S/c1-3-30-25(2,24(27)28)18-12-14-19(15-13-18)29-17-16-26-20-8-4-6-10-22(20)31-23-11-7-5-9-21(23)26/h4-15H,3,16-17H2,1-2H3,(H,27,28). The molecule has 0 bridgehead atoms. The van der Waals surface area contributed by atoms with Crippen LogP contribution in [0.1, 0.15) is 19.4 Å². The van der Waals surface area contributed by atoms with Crippen molar-refractivity contribution >= 4 is 29.1 Å². The molecule has 1 aliphatic rings. The Balaban J connectivity index is 1.46. The Hall–Kier alpha value is -2.96. The normalized spacial score (nSPS) is 14.3. The maximum absolute atomic E-state index is 11.7. The van der Waals surface area contributed by atoms with Crippen LogP contribution in [0.2, 0.25) is 0 Å². The number of nitrogens with zero attached hydrogens (tertiary/aromatic N) is 1. The predicted octanol–water partition coefficient (Wildman–Crippen LogP) is 5.70. The number of anilines is 2. The number of carboxylic acid groups (broad SMARTS) is 1. The molecule has 31 heavy (non-hydrogen) atoms. The molecule has 3 aromatic rings. The molecule has 0 spiro atoms. The lowest BCUT2D eigenvalue weighted by Gasteiger charge is -2.32. The van der Waals surface area contributed by atoms with E-state index < -0.39 is 11.6 Å². The molecule has 0 fully saturated rings. The molecule has 1 atom stereocenters. The maximum Gasteiger partial charge on any atom is 0.340 e. The number of hydrogen-bond donors (Lipinski definition) is 1. The molecule has 1 N–H and O–H groups in total. The fraction of sp³-hybridized carbons (Fsp3) is 0.240. The third kappa shape index (κ3) is 4.27. The quantitative estimate of drug-likeness (QED) is 0.489. The number of hydrogen-bond acceptors (Lipinski definition) is 5. The van der Waals surface area contributed by atoms with Gasteiger partial charge in [0.15, 0.2) is 5.60 Å². The van der Waals surface area contributed by atoms with E-state index in [-0.39, 0.29) is 0 Å². The van der Waals surface area contributed by atoms with Gasteiger partial charge in [-0.2, -0.15) is 0 Å². The van der Waals surface area contributed by atoms with Gasteiger partial charge in [0.25, 0.3) is 0 Å². The minimum Gasteiger partial charge on any atom is -0.492 e. The highest BCUT2D eigenvalue weighted by molar-refractivity contribution is 7.99. The zero-order valence-corrected chi connectivity index (χ0v) is 18.4. The highest BCUT2D eigenvalue weighted by Crippen LogP contribution is 2.47. The molecule has 0 aromatic heterocycles. The van der Waals surface area contributed by atoms with E-state index in [1.54, 1.807) is 49.9 Å². The smallest absolute Gasteiger partial charge is 0.340 e. The lowest BCUT2D eigenvalue weighted by molar-refractivity contribution is -0.164. The van der Waals surface area contributed by atoms with Crippen molar-refractivity contribution in [3.63, 3.8) is 0 Å². The Labute approximate surface area is 186 Å². The van der Waals surface area contributed by atoms with Crippen LogP contribution in [-0.4, -0.2) is 30.8 Å². The molecular weight excluding hydrogens is 410 g/mol. The molecule has 0 amide bonds. The summed E-state index contributed by atoms with van der Waals surface area (Å²) in [7, 11) is 0. The highest BCUT2D eigenvalue weighted by Gasteiger charge is 2.36. The molecule has 1 unspecified atom stereocenters. The Morgan fingerprint density at radius 2 is 1.55 bits per heavy atom. The van der Waals surface area contributed by atoms with E-state index in [0.29, 0.717) is 31.1 Å². The second-order valence-corrected chi connectivity index (χ2v) is 8.42. The van der Waals surface area contributed by atoms with Crippen molar-refractivity contribution < 1.29 is 19.4 Å². The number of rotatable bonds is 8. The molecule has 0 aliphatic carbocycles. The topological polar surface area (TPSA) is 59.0 Å². The number of carboxylic acids is 1. The summed E-state index contributed by atoms with van der Waals surface area (Å²) in [6.07, 6.45) is 0. The summed E-state index contributed by atoms with van der Waals surface area (Å²) in [5, 5.41) is 9.57. The zero-order valence-electron chi connectivity index (χ0n) is 17.6. The fourth-order valence-corrected chi connectivity index (χ4v) is 4.80. The van der Waals surface area contributed by atoms with Crippen molar-refractivity contribution in [2.24, 2.45) is 0 Å². The first-order chi connectivity index (χ1) is 15.0. The number of aliphatic carboxylic acids is 1. The molecule has 1 aliphatic heterocycles. The molecular formula is C25H25NO4S. The average Bonchev–Trinajstić information content (AvgIpc) is 2.79. The van der Waals surface area contributed by atoms with Gasteiger partial charge in [-0.15, -0.1) is 0 Å². The Morgan fingerprint density at radius 3 is 2.10 bits per heavy atom. The summed E-state index contributed by atoms with van der Waals surface area (Å²) in [6, 6.07) is 23.9. The van der Waals surface area contributed by atoms with Crippen molar-refractivity contribution in [1.82, 2.24) is 0 Å². The van der Waals surface area contributed by atoms with Gasteiger partial charge in [-0.05, 0) is 55.8 Å². The summed E-state index contributed by atoms with van der Waals surface area (Å²) in [4.78, 5) is 16.4. The largest absolute Gasteiger partial charge is 0.492 e. The predicted molar refractivity (Wildman–Crippen MR) is 123 cm³/mol. The van der Waals surface area contributed by atoms with Crippen LogP contribution in [0.4, 0.5) is 11.4 Å². The number of fused-ring (bicyclic) bond motifs is 2. The van der Waals surface area contributed by atoms with Gasteiger partial charge in [0.05, 0.1) is 17.9 Å². The van der Waals surface area contributed by atoms with E-state index in [0.717, 1.165) is 0 Å². The molecule has 6 heteroatoms. The van der Waals surface area contributed by atoms with E-state index in [9.17, 15) is 9.90 Å². The monoisotopic (exact) mass is 435 g/mol. The zero-order chi connectivity index (χ0) is 21.8. The van der Waals surface area contributed by atoms with E-state index >= 15 is 0 Å². The van der Waals surface area contributed by atoms with Crippen LogP contribution in [-0.2, 0) is 15.1 Å². The second-order valence-electron chi connectivity index (χ2n) is 7.33. The van der Waals surface area contributed by atoms with Gasteiger partial charge in [-0.25, -0.2) is 4.79 Å². The Morgan fingerprint density at radius 1 is 0.968 bits per heavy atom. The van der Waals surface area contributed by atoms with Crippen molar-refractivity contribution in [1.29, 1.82) is 0 Å². The van der Waals surface area contributed by atoms with Crippen LogP contribution < -0.4 is 9.64 Å². The van der Waals surface area contributed by atoms with E-state index in [1.165, 1.54) is 21.2 Å². The molecule has 1 heterocycles. The Kier molecular flexibility index (Phi) is 6.20. The summed E-state index contributed by atoms with van der Waals surface area (Å²) in [5.41, 5.74) is 1.58. The minimum atomic E-state index is -1.37. The maximum atomic E-state index is 11.7. The first-order valence-electron chi connectivity index (χ1n) is 10.3. The third-order valence-electron chi connectivity index (χ3n) is 5.36. The summed E-state index contributed by atoms with van der Waals surface area (Å²) < 4.78 is 11.5. The van der Waals surface area contributed by atoms with Crippen LogP contribution in [0.5, 0.6) is 5.75 Å². The minimum absolute atomic E-state index is 0.318. The van der Waals surface area contributed by atoms with Crippen molar-refractivity contribution in [3.05, 3.63) is 78.4 Å². The number of carbonyl (C=O) groups is 1. The van der Waals surface area contributed by atoms with E-state index in [2.05, 4.69) is 53.4 Å². The first-order valence-corrected chi connectivity index (χ1v) is 11.1. The van der Waals surface area contributed by atoms with Crippen LogP contribution in [0.3, 0.4) is 0 Å². The molecule has 0 radical (unpaired) electrons. The molecule has 0 saturated carbocycles. The highest BCUT2D eigenvalue weighted by atomic mass is 32.2. The van der Waals surface area contributed by atoms with Gasteiger partial charge < -0.3 is 19.5 Å². The number of para-hydroxylation sites is 2. The molecule has 5 nitrogen and oxygen atoms in total. The van der Waals surface area contributed by atoms with E-state index in [4.69, 9.17) is 9.47 Å². The van der Waals surface area contributed by atoms with Gasteiger partial charge >= 0.3 is 5.97 Å². The summed E-state index contributed by atoms with van der Waals surface area (Å²) >= 11 is 1.78.